The zero-order valence-electron chi connectivity index (χ0n) is 23.6. The van der Waals surface area contributed by atoms with Gasteiger partial charge in [0.15, 0.2) is 0 Å². The molecule has 1 saturated carbocycles. The van der Waals surface area contributed by atoms with Gasteiger partial charge in [0.2, 0.25) is 23.6 Å². The van der Waals surface area contributed by atoms with Crippen LogP contribution in [0.5, 0.6) is 0 Å². The van der Waals surface area contributed by atoms with E-state index in [-0.39, 0.29) is 61.0 Å². The average Bonchev–Trinajstić information content (AvgIpc) is 3.25. The van der Waals surface area contributed by atoms with Crippen LogP contribution in [-0.2, 0) is 32.1 Å². The fourth-order valence-corrected chi connectivity index (χ4v) is 6.69. The van der Waals surface area contributed by atoms with Gasteiger partial charge in [0.25, 0.3) is 0 Å². The third kappa shape index (κ3) is 7.07. The van der Waals surface area contributed by atoms with Gasteiger partial charge in [-0.25, -0.2) is 0 Å². The predicted molar refractivity (Wildman–Crippen MR) is 163 cm³/mol. The Balaban J connectivity index is 1.40. The maximum atomic E-state index is 14.0. The van der Waals surface area contributed by atoms with Crippen LogP contribution in [-0.4, -0.2) is 52.1 Å². The quantitative estimate of drug-likeness (QED) is 0.275. The van der Waals surface area contributed by atoms with Crippen molar-refractivity contribution in [3.63, 3.8) is 0 Å². The van der Waals surface area contributed by atoms with Crippen molar-refractivity contribution in [3.05, 3.63) is 81.9 Å². The molecule has 1 aliphatic heterocycles. The van der Waals surface area contributed by atoms with Crippen molar-refractivity contribution in [3.8, 4) is 0 Å². The zero-order valence-corrected chi connectivity index (χ0v) is 25.2. The van der Waals surface area contributed by atoms with E-state index in [4.69, 9.17) is 23.2 Å². The van der Waals surface area contributed by atoms with Gasteiger partial charge in [-0.05, 0) is 48.9 Å². The molecule has 0 radical (unpaired) electrons. The summed E-state index contributed by atoms with van der Waals surface area (Å²) in [5, 5.41) is 3.98. The summed E-state index contributed by atoms with van der Waals surface area (Å²) < 4.78 is 0. The van der Waals surface area contributed by atoms with Gasteiger partial charge in [-0.15, -0.1) is 0 Å². The molecule has 1 N–H and O–H groups in total. The maximum absolute atomic E-state index is 14.0. The predicted octanol–water partition coefficient (Wildman–Crippen LogP) is 5.72. The second-order valence-electron chi connectivity index (χ2n) is 11.6. The highest BCUT2D eigenvalue weighted by Gasteiger charge is 2.47. The summed E-state index contributed by atoms with van der Waals surface area (Å²) in [6, 6.07) is 14.1. The number of hydrogen-bond acceptors (Lipinski definition) is 4. The van der Waals surface area contributed by atoms with Crippen LogP contribution < -0.4 is 5.32 Å². The Morgan fingerprint density at radius 2 is 1.55 bits per heavy atom. The first kappa shape index (κ1) is 30.3. The lowest BCUT2D eigenvalue weighted by atomic mass is 9.85. The van der Waals surface area contributed by atoms with Crippen molar-refractivity contribution in [1.29, 1.82) is 0 Å². The van der Waals surface area contributed by atoms with Gasteiger partial charge < -0.3 is 10.2 Å². The van der Waals surface area contributed by atoms with E-state index in [1.165, 1.54) is 4.90 Å². The van der Waals surface area contributed by atoms with Gasteiger partial charge in [0, 0.05) is 32.0 Å². The minimum Gasteiger partial charge on any atom is -0.352 e. The lowest BCUT2D eigenvalue weighted by Gasteiger charge is -2.34. The normalized spacial score (nSPS) is 21.2. The number of allylic oxidation sites excluding steroid dienone is 2. The van der Waals surface area contributed by atoms with Gasteiger partial charge in [0.05, 0.1) is 21.9 Å². The monoisotopic (exact) mass is 609 g/mol. The molecule has 0 bridgehead atoms. The Labute approximate surface area is 257 Å². The van der Waals surface area contributed by atoms with Crippen molar-refractivity contribution >= 4 is 46.8 Å². The molecule has 1 heterocycles. The summed E-state index contributed by atoms with van der Waals surface area (Å²) in [5.74, 6) is -1.64. The molecule has 0 aromatic heterocycles. The molecule has 4 amide bonds. The standard InChI is InChI=1S/C33H37Cl2N3O4/c34-27-16-15-23(19-28(27)35)21-38(30(39)17-18-37-32(41)25-13-7-8-14-26(25)33(37)42)29(20-22-9-3-1-4-10-22)31(40)36-24-11-5-2-6-12-24/h1,3-4,7-10,15-16,19,24-26,29H,2,5-6,11-14,17-18,20-21H2,(H,36,40)/t25-,26+,29?. The number of carbonyl (C=O) groups excluding carboxylic acids is 4. The van der Waals surface area contributed by atoms with Gasteiger partial charge in [-0.2, -0.15) is 0 Å². The summed E-state index contributed by atoms with van der Waals surface area (Å²) in [6.45, 7) is 0.117. The number of imide groups is 1. The van der Waals surface area contributed by atoms with Gasteiger partial charge in [-0.1, -0.05) is 91.0 Å². The Hall–Kier alpha value is -3.16. The average molecular weight is 611 g/mol. The molecule has 3 atom stereocenters. The van der Waals surface area contributed by atoms with Crippen LogP contribution in [0.2, 0.25) is 10.0 Å². The van der Waals surface area contributed by atoms with E-state index in [0.717, 1.165) is 43.2 Å². The van der Waals surface area contributed by atoms with Crippen molar-refractivity contribution < 1.29 is 19.2 Å². The number of nitrogens with zero attached hydrogens (tertiary/aromatic N) is 2. The Morgan fingerprint density at radius 1 is 0.881 bits per heavy atom. The number of rotatable bonds is 10. The van der Waals surface area contributed by atoms with Crippen LogP contribution in [0.3, 0.4) is 0 Å². The lowest BCUT2D eigenvalue weighted by Crippen LogP contribution is -2.53. The Morgan fingerprint density at radius 3 is 2.19 bits per heavy atom. The molecule has 1 unspecified atom stereocenters. The van der Waals surface area contributed by atoms with Crippen LogP contribution in [0.15, 0.2) is 60.7 Å². The minimum absolute atomic E-state index is 0.0102. The SMILES string of the molecule is O=C(NC1CCCCC1)C(Cc1ccccc1)N(Cc1ccc(Cl)c(Cl)c1)C(=O)CCN1C(=O)[C@H]2CC=CC[C@H]2C1=O. The number of amides is 4. The van der Waals surface area contributed by atoms with E-state index in [9.17, 15) is 19.2 Å². The largest absolute Gasteiger partial charge is 0.352 e. The van der Waals surface area contributed by atoms with Crippen molar-refractivity contribution in [2.45, 2.75) is 76.4 Å². The first-order valence-corrected chi connectivity index (χ1v) is 15.7. The van der Waals surface area contributed by atoms with E-state index in [1.807, 2.05) is 42.5 Å². The highest BCUT2D eigenvalue weighted by molar-refractivity contribution is 6.42. The smallest absolute Gasteiger partial charge is 0.243 e. The number of nitrogens with one attached hydrogen (secondary N) is 1. The fourth-order valence-electron chi connectivity index (χ4n) is 6.37. The van der Waals surface area contributed by atoms with Crippen molar-refractivity contribution in [2.24, 2.45) is 11.8 Å². The van der Waals surface area contributed by atoms with E-state index in [1.54, 1.807) is 23.1 Å². The molecule has 222 valence electrons. The second-order valence-corrected chi connectivity index (χ2v) is 12.4. The van der Waals surface area contributed by atoms with E-state index in [0.29, 0.717) is 29.3 Å². The van der Waals surface area contributed by atoms with Gasteiger partial charge >= 0.3 is 0 Å². The molecule has 9 heteroatoms. The molecule has 0 spiro atoms. The molecule has 42 heavy (non-hydrogen) atoms. The van der Waals surface area contributed by atoms with Crippen molar-refractivity contribution in [1.82, 2.24) is 15.1 Å². The number of likely N-dealkylation sites (tertiary alicyclic amines) is 1. The zero-order chi connectivity index (χ0) is 29.6. The van der Waals surface area contributed by atoms with Crippen LogP contribution in [0, 0.1) is 11.8 Å². The van der Waals surface area contributed by atoms with E-state index < -0.39 is 6.04 Å². The summed E-state index contributed by atoms with van der Waals surface area (Å²) in [4.78, 5) is 56.9. The summed E-state index contributed by atoms with van der Waals surface area (Å²) >= 11 is 12.5. The highest BCUT2D eigenvalue weighted by Crippen LogP contribution is 2.35. The molecule has 5 rings (SSSR count). The van der Waals surface area contributed by atoms with Crippen LogP contribution in [0.25, 0.3) is 0 Å². The lowest BCUT2D eigenvalue weighted by molar-refractivity contribution is -0.144. The maximum Gasteiger partial charge on any atom is 0.243 e. The summed E-state index contributed by atoms with van der Waals surface area (Å²) in [7, 11) is 0. The Bertz CT molecular complexity index is 1320. The third-order valence-electron chi connectivity index (χ3n) is 8.71. The molecule has 2 aliphatic carbocycles. The molecule has 1 saturated heterocycles. The van der Waals surface area contributed by atoms with Crippen LogP contribution >= 0.6 is 23.2 Å². The van der Waals surface area contributed by atoms with Gasteiger partial charge in [0.1, 0.15) is 6.04 Å². The first-order chi connectivity index (χ1) is 20.3. The number of benzene rings is 2. The molecular formula is C33H37Cl2N3O4. The minimum atomic E-state index is -0.798. The highest BCUT2D eigenvalue weighted by atomic mass is 35.5. The third-order valence-corrected chi connectivity index (χ3v) is 9.45. The van der Waals surface area contributed by atoms with E-state index >= 15 is 0 Å². The van der Waals surface area contributed by atoms with E-state index in [2.05, 4.69) is 5.32 Å². The number of hydrogen-bond donors (Lipinski definition) is 1. The van der Waals surface area contributed by atoms with Crippen LogP contribution in [0.4, 0.5) is 0 Å². The molecule has 2 aromatic rings. The number of halogens is 2. The topological polar surface area (TPSA) is 86.8 Å². The molecular weight excluding hydrogens is 573 g/mol. The molecule has 7 nitrogen and oxygen atoms in total. The number of fused-ring (bicyclic) bond motifs is 1. The fraction of sp³-hybridized carbons (Fsp3) is 0.455. The summed E-state index contributed by atoms with van der Waals surface area (Å²) in [6.07, 6.45) is 10.4. The van der Waals surface area contributed by atoms with Crippen molar-refractivity contribution in [2.75, 3.05) is 6.54 Å². The molecule has 3 aliphatic rings. The molecule has 2 fully saturated rings. The molecule has 2 aromatic carbocycles. The summed E-state index contributed by atoms with van der Waals surface area (Å²) in [5.41, 5.74) is 1.65. The number of carbonyl (C=O) groups is 4. The van der Waals surface area contributed by atoms with Crippen LogP contribution in [0.1, 0.15) is 62.5 Å². The second kappa shape index (κ2) is 13.9. The Kier molecular flexibility index (Phi) is 10.0. The first-order valence-electron chi connectivity index (χ1n) is 14.9. The van der Waals surface area contributed by atoms with Gasteiger partial charge in [-0.3, -0.25) is 24.1 Å².